The van der Waals surface area contributed by atoms with Crippen LogP contribution >= 0.6 is 0 Å². The molecule has 1 fully saturated rings. The third-order valence-corrected chi connectivity index (χ3v) is 4.01. The molecule has 0 saturated carbocycles. The number of aromatic nitrogens is 4. The first kappa shape index (κ1) is 17.9. The van der Waals surface area contributed by atoms with E-state index >= 15 is 0 Å². The van der Waals surface area contributed by atoms with Crippen LogP contribution in [0.3, 0.4) is 0 Å². The Labute approximate surface area is 144 Å². The van der Waals surface area contributed by atoms with Gasteiger partial charge in [0.15, 0.2) is 0 Å². The lowest BCUT2D eigenvalue weighted by Crippen LogP contribution is -2.56. The number of imidazole rings is 2. The maximum absolute atomic E-state index is 11.0. The van der Waals surface area contributed by atoms with E-state index in [2.05, 4.69) is 9.97 Å². The van der Waals surface area contributed by atoms with E-state index in [1.165, 1.54) is 18.6 Å². The lowest BCUT2D eigenvalue weighted by Gasteiger charge is -2.39. The van der Waals surface area contributed by atoms with E-state index in [4.69, 9.17) is 4.74 Å². The molecule has 14 nitrogen and oxygen atoms in total. The van der Waals surface area contributed by atoms with Gasteiger partial charge in [0.05, 0.1) is 0 Å². The third-order valence-electron chi connectivity index (χ3n) is 4.01. The van der Waals surface area contributed by atoms with Crippen molar-refractivity contribution in [3.63, 3.8) is 0 Å². The Bertz CT molecular complexity index is 818. The van der Waals surface area contributed by atoms with Gasteiger partial charge in [0.1, 0.15) is 55.7 Å². The van der Waals surface area contributed by atoms with Gasteiger partial charge >= 0.3 is 11.9 Å². The first-order valence-electron chi connectivity index (χ1n) is 7.33. The summed E-state index contributed by atoms with van der Waals surface area (Å²) in [4.78, 5) is 27.5. The predicted molar refractivity (Wildman–Crippen MR) is 79.7 cm³/mol. The van der Waals surface area contributed by atoms with Crippen LogP contribution in [0.5, 0.6) is 0 Å². The van der Waals surface area contributed by atoms with Crippen molar-refractivity contribution in [1.29, 1.82) is 0 Å². The molecule has 0 aromatic carbocycles. The van der Waals surface area contributed by atoms with Gasteiger partial charge < -0.3 is 40.3 Å². The molecule has 26 heavy (non-hydrogen) atoms. The second-order valence-electron chi connectivity index (χ2n) is 5.57. The molecule has 5 atom stereocenters. The van der Waals surface area contributed by atoms with Crippen LogP contribution in [-0.2, 0) is 11.3 Å². The van der Waals surface area contributed by atoms with E-state index in [1.54, 1.807) is 0 Å². The minimum Gasteiger partial charge on any atom is -0.390 e. The number of hydrogen-bond donors (Lipinski definition) is 3. The van der Waals surface area contributed by atoms with E-state index < -0.39 is 52.4 Å². The van der Waals surface area contributed by atoms with Crippen LogP contribution in [0, 0.1) is 20.2 Å². The number of nitro groups is 2. The number of ether oxygens (including phenoxy) is 1. The Morgan fingerprint density at radius 1 is 1.00 bits per heavy atom. The number of rotatable bonds is 5. The lowest BCUT2D eigenvalue weighted by atomic mass is 9.97. The molecule has 0 aliphatic carbocycles. The Balaban J connectivity index is 1.89. The van der Waals surface area contributed by atoms with Gasteiger partial charge in [0.2, 0.25) is 6.23 Å². The first-order valence-corrected chi connectivity index (χ1v) is 7.33. The summed E-state index contributed by atoms with van der Waals surface area (Å²) in [7, 11) is 0. The monoisotopic (exact) mass is 370 g/mol. The summed E-state index contributed by atoms with van der Waals surface area (Å²) in [6, 6.07) is 0. The zero-order valence-corrected chi connectivity index (χ0v) is 13.0. The zero-order valence-electron chi connectivity index (χ0n) is 13.0. The molecule has 0 bridgehead atoms. The van der Waals surface area contributed by atoms with Crippen LogP contribution in [0.2, 0.25) is 0 Å². The van der Waals surface area contributed by atoms with Crippen LogP contribution in [0.25, 0.3) is 0 Å². The normalized spacial score (nSPS) is 28.8. The molecule has 140 valence electrons. The summed E-state index contributed by atoms with van der Waals surface area (Å²) in [6.07, 6.45) is -2.88. The summed E-state index contributed by atoms with van der Waals surface area (Å²) in [5.41, 5.74) is 0. The van der Waals surface area contributed by atoms with Crippen molar-refractivity contribution in [2.24, 2.45) is 0 Å². The third kappa shape index (κ3) is 3.01. The molecular weight excluding hydrogens is 356 g/mol. The molecule has 0 amide bonds. The van der Waals surface area contributed by atoms with Crippen molar-refractivity contribution in [2.45, 2.75) is 37.2 Å². The fourth-order valence-corrected chi connectivity index (χ4v) is 2.77. The Kier molecular flexibility index (Phi) is 4.64. The van der Waals surface area contributed by atoms with Crippen LogP contribution in [0.1, 0.15) is 6.23 Å². The van der Waals surface area contributed by atoms with Crippen molar-refractivity contribution < 1.29 is 29.9 Å². The van der Waals surface area contributed by atoms with Gasteiger partial charge in [-0.25, -0.2) is 4.57 Å². The van der Waals surface area contributed by atoms with Crippen molar-refractivity contribution in [1.82, 2.24) is 19.1 Å². The number of hydrogen-bond acceptors (Lipinski definition) is 10. The molecular formula is C12H14N6O8. The standard InChI is InChI=1S/C12H14N6O8/c19-7-6(5-15-3-1-13-11(15)17(22)23)26-10(9(21)8(7)20)16-4-2-14-12(16)18(24)25/h1-4,6-10,19-21H,5H2/t6-,7-,8-,9-,10-/m1/s1. The Hall–Kier alpha value is -2.94. The number of aliphatic hydroxyl groups excluding tert-OH is 3. The van der Waals surface area contributed by atoms with Crippen LogP contribution in [0.15, 0.2) is 24.8 Å². The van der Waals surface area contributed by atoms with E-state index in [1.807, 2.05) is 0 Å². The maximum atomic E-state index is 11.0. The fourth-order valence-electron chi connectivity index (χ4n) is 2.77. The predicted octanol–water partition coefficient (Wildman–Crippen LogP) is -1.42. The maximum Gasteiger partial charge on any atom is 0.436 e. The lowest BCUT2D eigenvalue weighted by molar-refractivity contribution is -0.401. The van der Waals surface area contributed by atoms with E-state index in [0.717, 1.165) is 15.3 Å². The molecule has 3 rings (SSSR count). The molecule has 0 unspecified atom stereocenters. The topological polar surface area (TPSA) is 192 Å². The van der Waals surface area contributed by atoms with Crippen molar-refractivity contribution in [2.75, 3.05) is 0 Å². The zero-order chi connectivity index (χ0) is 19.0. The summed E-state index contributed by atoms with van der Waals surface area (Å²) >= 11 is 0. The number of aliphatic hydroxyl groups is 3. The van der Waals surface area contributed by atoms with Crippen LogP contribution in [0.4, 0.5) is 11.9 Å². The summed E-state index contributed by atoms with van der Waals surface area (Å²) < 4.78 is 7.49. The molecule has 2 aromatic heterocycles. The molecule has 2 aromatic rings. The average molecular weight is 370 g/mol. The van der Waals surface area contributed by atoms with E-state index in [9.17, 15) is 35.5 Å². The molecule has 14 heteroatoms. The highest BCUT2D eigenvalue weighted by atomic mass is 16.6. The van der Waals surface area contributed by atoms with Crippen molar-refractivity contribution in [3.05, 3.63) is 45.0 Å². The molecule has 1 saturated heterocycles. The van der Waals surface area contributed by atoms with Gasteiger partial charge in [-0.3, -0.25) is 0 Å². The molecule has 1 aliphatic heterocycles. The fraction of sp³-hybridized carbons (Fsp3) is 0.500. The molecule has 1 aliphatic rings. The van der Waals surface area contributed by atoms with Gasteiger partial charge in [0, 0.05) is 0 Å². The Morgan fingerprint density at radius 2 is 1.62 bits per heavy atom. The minimum absolute atomic E-state index is 0.278. The summed E-state index contributed by atoms with van der Waals surface area (Å²) in [5, 5.41) is 52.3. The minimum atomic E-state index is -1.71. The van der Waals surface area contributed by atoms with Crippen LogP contribution in [-0.4, -0.2) is 68.7 Å². The van der Waals surface area contributed by atoms with E-state index in [-0.39, 0.29) is 6.54 Å². The van der Waals surface area contributed by atoms with Gasteiger partial charge in [-0.05, 0) is 9.85 Å². The molecule has 3 N–H and O–H groups in total. The van der Waals surface area contributed by atoms with Gasteiger partial charge in [-0.2, -0.15) is 4.57 Å². The quantitative estimate of drug-likeness (QED) is 0.415. The van der Waals surface area contributed by atoms with Crippen molar-refractivity contribution >= 4 is 11.9 Å². The average Bonchev–Trinajstić information content (AvgIpc) is 3.24. The molecule has 0 radical (unpaired) electrons. The SMILES string of the molecule is O=[N+]([O-])c1nccn1C[C@H]1O[C@@H](n2ccnc2[N+](=O)[O-])[C@H](O)[C@H](O)[C@@H]1O. The second kappa shape index (κ2) is 6.75. The highest BCUT2D eigenvalue weighted by Gasteiger charge is 2.48. The smallest absolute Gasteiger partial charge is 0.390 e. The second-order valence-corrected chi connectivity index (χ2v) is 5.57. The van der Waals surface area contributed by atoms with Gasteiger partial charge in [-0.15, -0.1) is 0 Å². The highest BCUT2D eigenvalue weighted by Crippen LogP contribution is 2.32. The first-order chi connectivity index (χ1) is 12.3. The molecule has 0 spiro atoms. The van der Waals surface area contributed by atoms with Gasteiger partial charge in [-0.1, -0.05) is 9.97 Å². The van der Waals surface area contributed by atoms with Crippen molar-refractivity contribution in [3.8, 4) is 0 Å². The van der Waals surface area contributed by atoms with Crippen LogP contribution < -0.4 is 0 Å². The largest absolute Gasteiger partial charge is 0.436 e. The highest BCUT2D eigenvalue weighted by molar-refractivity contribution is 5.11. The summed E-state index contributed by atoms with van der Waals surface area (Å²) in [6.45, 7) is -0.278. The molecule has 3 heterocycles. The van der Waals surface area contributed by atoms with E-state index in [0.29, 0.717) is 0 Å². The van der Waals surface area contributed by atoms with Gasteiger partial charge in [0.25, 0.3) is 0 Å². The Morgan fingerprint density at radius 3 is 2.27 bits per heavy atom. The summed E-state index contributed by atoms with van der Waals surface area (Å²) in [5.74, 6) is -1.14. The number of nitrogens with zero attached hydrogens (tertiary/aromatic N) is 6.